The van der Waals surface area contributed by atoms with E-state index in [2.05, 4.69) is 41.8 Å². The predicted molar refractivity (Wildman–Crippen MR) is 64.2 cm³/mol. The fourth-order valence-electron chi connectivity index (χ4n) is 1.41. The molecule has 15 heavy (non-hydrogen) atoms. The molecule has 1 saturated heterocycles. The Bertz CT molecular complexity index is 410. The molecule has 1 atom stereocenters. The van der Waals surface area contributed by atoms with Gasteiger partial charge in [0.15, 0.2) is 0 Å². The van der Waals surface area contributed by atoms with Crippen molar-refractivity contribution in [3.63, 3.8) is 0 Å². The van der Waals surface area contributed by atoms with Crippen LogP contribution in [0.25, 0.3) is 0 Å². The molecule has 2 rings (SSSR count). The van der Waals surface area contributed by atoms with Crippen LogP contribution in [0.15, 0.2) is 10.7 Å². The Balaban J connectivity index is 2.31. The molecule has 0 aliphatic carbocycles. The zero-order chi connectivity index (χ0) is 11.0. The standard InChI is InChI=1S/C9H9Br2N3O/c1-5-7(11)4-12-9(13-5)14-3-2-6(10)8(14)15/h4,6H,2-3H2,1H3. The van der Waals surface area contributed by atoms with Crippen LogP contribution >= 0.6 is 31.9 Å². The molecular weight excluding hydrogens is 326 g/mol. The highest BCUT2D eigenvalue weighted by atomic mass is 79.9. The van der Waals surface area contributed by atoms with Crippen molar-refractivity contribution in [2.75, 3.05) is 11.4 Å². The maximum absolute atomic E-state index is 11.7. The van der Waals surface area contributed by atoms with Crippen molar-refractivity contribution in [1.29, 1.82) is 0 Å². The fraction of sp³-hybridized carbons (Fsp3) is 0.444. The zero-order valence-corrected chi connectivity index (χ0v) is 11.2. The van der Waals surface area contributed by atoms with Crippen LogP contribution in [-0.2, 0) is 4.79 Å². The number of carbonyl (C=O) groups excluding carboxylic acids is 1. The number of aryl methyl sites for hydroxylation is 1. The molecule has 0 bridgehead atoms. The highest BCUT2D eigenvalue weighted by Crippen LogP contribution is 2.23. The molecule has 0 aromatic carbocycles. The Hall–Kier alpha value is -0.490. The van der Waals surface area contributed by atoms with Crippen LogP contribution in [-0.4, -0.2) is 27.2 Å². The molecule has 2 heterocycles. The largest absolute Gasteiger partial charge is 0.280 e. The zero-order valence-electron chi connectivity index (χ0n) is 8.07. The molecule has 0 saturated carbocycles. The lowest BCUT2D eigenvalue weighted by molar-refractivity contribution is -0.116. The van der Waals surface area contributed by atoms with Crippen LogP contribution in [0.1, 0.15) is 12.1 Å². The van der Waals surface area contributed by atoms with Crippen LogP contribution in [0.4, 0.5) is 5.95 Å². The molecule has 1 aliphatic heterocycles. The maximum atomic E-state index is 11.7. The van der Waals surface area contributed by atoms with Gasteiger partial charge in [0.25, 0.3) is 0 Å². The average molecular weight is 335 g/mol. The van der Waals surface area contributed by atoms with Crippen molar-refractivity contribution in [2.24, 2.45) is 0 Å². The van der Waals surface area contributed by atoms with Crippen molar-refractivity contribution in [1.82, 2.24) is 9.97 Å². The summed E-state index contributed by atoms with van der Waals surface area (Å²) in [7, 11) is 0. The van der Waals surface area contributed by atoms with Crippen molar-refractivity contribution in [2.45, 2.75) is 18.2 Å². The molecule has 1 fully saturated rings. The number of nitrogens with zero attached hydrogens (tertiary/aromatic N) is 3. The van der Waals surface area contributed by atoms with Crippen molar-refractivity contribution < 1.29 is 4.79 Å². The first-order valence-electron chi connectivity index (χ1n) is 4.54. The van der Waals surface area contributed by atoms with Gasteiger partial charge in [-0.2, -0.15) is 0 Å². The van der Waals surface area contributed by atoms with E-state index in [4.69, 9.17) is 0 Å². The molecule has 1 unspecified atom stereocenters. The number of anilines is 1. The Morgan fingerprint density at radius 3 is 2.87 bits per heavy atom. The van der Waals surface area contributed by atoms with E-state index in [1.807, 2.05) is 6.92 Å². The van der Waals surface area contributed by atoms with Gasteiger partial charge in [-0.05, 0) is 29.3 Å². The minimum atomic E-state index is -0.0925. The summed E-state index contributed by atoms with van der Waals surface area (Å²) in [5, 5.41) is 0. The van der Waals surface area contributed by atoms with Crippen LogP contribution in [0, 0.1) is 6.92 Å². The Morgan fingerprint density at radius 1 is 1.60 bits per heavy atom. The first-order chi connectivity index (χ1) is 7.09. The summed E-state index contributed by atoms with van der Waals surface area (Å²) in [4.78, 5) is 21.6. The molecule has 1 aromatic rings. The molecule has 1 aromatic heterocycles. The first kappa shape index (κ1) is 11.0. The van der Waals surface area contributed by atoms with Crippen molar-refractivity contribution >= 4 is 43.7 Å². The third kappa shape index (κ3) is 2.06. The van der Waals surface area contributed by atoms with Crippen molar-refractivity contribution in [3.05, 3.63) is 16.4 Å². The summed E-state index contributed by atoms with van der Waals surface area (Å²) in [5.74, 6) is 0.527. The van der Waals surface area contributed by atoms with E-state index in [1.165, 1.54) is 0 Å². The second-order valence-electron chi connectivity index (χ2n) is 3.35. The minimum absolute atomic E-state index is 0.0386. The highest BCUT2D eigenvalue weighted by Gasteiger charge is 2.32. The summed E-state index contributed by atoms with van der Waals surface area (Å²) in [6.07, 6.45) is 2.48. The lowest BCUT2D eigenvalue weighted by atomic mass is 10.4. The minimum Gasteiger partial charge on any atom is -0.280 e. The third-order valence-electron chi connectivity index (χ3n) is 2.29. The molecule has 4 nitrogen and oxygen atoms in total. The number of hydrogen-bond acceptors (Lipinski definition) is 3. The maximum Gasteiger partial charge on any atom is 0.243 e. The highest BCUT2D eigenvalue weighted by molar-refractivity contribution is 9.10. The lowest BCUT2D eigenvalue weighted by Crippen LogP contribution is -2.29. The van der Waals surface area contributed by atoms with E-state index in [-0.39, 0.29) is 10.7 Å². The van der Waals surface area contributed by atoms with Crippen LogP contribution < -0.4 is 4.90 Å². The van der Waals surface area contributed by atoms with Gasteiger partial charge in [-0.15, -0.1) is 0 Å². The van der Waals surface area contributed by atoms with E-state index in [9.17, 15) is 4.79 Å². The molecular formula is C9H9Br2N3O. The third-order valence-corrected chi connectivity index (χ3v) is 3.92. The molecule has 80 valence electrons. The van der Waals surface area contributed by atoms with Gasteiger partial charge in [-0.3, -0.25) is 9.69 Å². The first-order valence-corrected chi connectivity index (χ1v) is 6.25. The smallest absolute Gasteiger partial charge is 0.243 e. The fourth-order valence-corrected chi connectivity index (χ4v) is 2.06. The number of hydrogen-bond donors (Lipinski definition) is 0. The summed E-state index contributed by atoms with van der Waals surface area (Å²) in [6.45, 7) is 2.55. The number of rotatable bonds is 1. The topological polar surface area (TPSA) is 46.1 Å². The monoisotopic (exact) mass is 333 g/mol. The van der Waals surface area contributed by atoms with E-state index in [0.29, 0.717) is 12.5 Å². The molecule has 0 radical (unpaired) electrons. The normalized spacial score (nSPS) is 21.1. The van der Waals surface area contributed by atoms with E-state index in [1.54, 1.807) is 11.1 Å². The predicted octanol–water partition coefficient (Wildman–Crippen LogP) is 2.05. The molecule has 1 aliphatic rings. The number of carbonyl (C=O) groups is 1. The second-order valence-corrected chi connectivity index (χ2v) is 5.31. The van der Waals surface area contributed by atoms with Gasteiger partial charge in [0.1, 0.15) is 0 Å². The molecule has 0 spiro atoms. The van der Waals surface area contributed by atoms with Gasteiger partial charge < -0.3 is 0 Å². The van der Waals surface area contributed by atoms with Gasteiger partial charge >= 0.3 is 0 Å². The summed E-state index contributed by atoms with van der Waals surface area (Å²) >= 11 is 6.65. The van der Waals surface area contributed by atoms with Crippen molar-refractivity contribution in [3.8, 4) is 0 Å². The molecule has 6 heteroatoms. The number of alkyl halides is 1. The van der Waals surface area contributed by atoms with E-state index >= 15 is 0 Å². The van der Waals surface area contributed by atoms with Gasteiger partial charge in [0.2, 0.25) is 11.9 Å². The Morgan fingerprint density at radius 2 is 2.33 bits per heavy atom. The second kappa shape index (κ2) is 4.17. The van der Waals surface area contributed by atoms with Gasteiger partial charge in [0, 0.05) is 12.7 Å². The van der Waals surface area contributed by atoms with Gasteiger partial charge in [-0.1, -0.05) is 15.9 Å². The lowest BCUT2D eigenvalue weighted by Gasteiger charge is -2.13. The van der Waals surface area contributed by atoms with E-state index < -0.39 is 0 Å². The SMILES string of the molecule is Cc1nc(N2CCC(Br)C2=O)ncc1Br. The van der Waals surface area contributed by atoms with Crippen LogP contribution in [0.3, 0.4) is 0 Å². The van der Waals surface area contributed by atoms with E-state index in [0.717, 1.165) is 16.6 Å². The van der Waals surface area contributed by atoms with Crippen LogP contribution in [0.5, 0.6) is 0 Å². The van der Waals surface area contributed by atoms with Gasteiger partial charge in [-0.25, -0.2) is 9.97 Å². The number of amides is 1. The summed E-state index contributed by atoms with van der Waals surface area (Å²) in [5.41, 5.74) is 0.839. The Kier molecular flexibility index (Phi) is 3.06. The van der Waals surface area contributed by atoms with Crippen LogP contribution in [0.2, 0.25) is 0 Å². The van der Waals surface area contributed by atoms with Gasteiger partial charge in [0.05, 0.1) is 15.0 Å². The summed E-state index contributed by atoms with van der Waals surface area (Å²) < 4.78 is 0.855. The number of aromatic nitrogens is 2. The quantitative estimate of drug-likeness (QED) is 0.738. The Labute approximate surface area is 104 Å². The molecule has 0 N–H and O–H groups in total. The summed E-state index contributed by atoms with van der Waals surface area (Å²) in [6, 6.07) is 0. The molecule has 1 amide bonds. The average Bonchev–Trinajstić information content (AvgIpc) is 2.53. The number of halogens is 2.